The van der Waals surface area contributed by atoms with Crippen LogP contribution in [0, 0.1) is 0 Å². The van der Waals surface area contributed by atoms with Crippen molar-refractivity contribution >= 4 is 0 Å². The highest BCUT2D eigenvalue weighted by molar-refractivity contribution is 4.55. The van der Waals surface area contributed by atoms with Crippen LogP contribution < -0.4 is 5.73 Å². The van der Waals surface area contributed by atoms with Crippen molar-refractivity contribution < 1.29 is 4.74 Å². The maximum Gasteiger partial charge on any atom is 0.0584 e. The molecular formula is C13H29NO. The lowest BCUT2D eigenvalue weighted by molar-refractivity contribution is 0.0440. The molecule has 0 amide bonds. The van der Waals surface area contributed by atoms with Crippen LogP contribution in [0.3, 0.4) is 0 Å². The first kappa shape index (κ1) is 14.9. The van der Waals surface area contributed by atoms with Gasteiger partial charge in [0.25, 0.3) is 0 Å². The Hall–Kier alpha value is -0.0800. The smallest absolute Gasteiger partial charge is 0.0584 e. The molecule has 2 nitrogen and oxygen atoms in total. The van der Waals surface area contributed by atoms with Crippen LogP contribution in [0.1, 0.15) is 65.2 Å². The first-order valence-corrected chi connectivity index (χ1v) is 6.66. The normalized spacial score (nSPS) is 13.0. The molecule has 0 radical (unpaired) electrons. The average Bonchev–Trinajstić information content (AvgIpc) is 2.26. The number of hydrogen-bond donors (Lipinski definition) is 1. The van der Waals surface area contributed by atoms with E-state index in [-0.39, 0.29) is 0 Å². The van der Waals surface area contributed by atoms with Gasteiger partial charge in [0, 0.05) is 6.61 Å². The van der Waals surface area contributed by atoms with Gasteiger partial charge in [-0.25, -0.2) is 0 Å². The molecule has 0 fully saturated rings. The molecule has 0 aliphatic carbocycles. The molecule has 0 aliphatic heterocycles. The third-order valence-corrected chi connectivity index (χ3v) is 2.80. The van der Waals surface area contributed by atoms with Gasteiger partial charge in [-0.2, -0.15) is 0 Å². The summed E-state index contributed by atoms with van der Waals surface area (Å²) in [5.74, 6) is 0. The van der Waals surface area contributed by atoms with E-state index in [1.807, 2.05) is 0 Å². The van der Waals surface area contributed by atoms with E-state index >= 15 is 0 Å². The molecule has 0 aromatic heterocycles. The van der Waals surface area contributed by atoms with Crippen LogP contribution in [0.4, 0.5) is 0 Å². The van der Waals surface area contributed by atoms with E-state index in [1.165, 1.54) is 38.5 Å². The molecule has 0 aliphatic rings. The molecule has 1 atom stereocenters. The van der Waals surface area contributed by atoms with Gasteiger partial charge in [0.15, 0.2) is 0 Å². The molecule has 15 heavy (non-hydrogen) atoms. The second-order valence-electron chi connectivity index (χ2n) is 4.25. The Morgan fingerprint density at radius 3 is 2.27 bits per heavy atom. The van der Waals surface area contributed by atoms with Crippen molar-refractivity contribution in [2.24, 2.45) is 5.73 Å². The number of hydrogen-bond acceptors (Lipinski definition) is 2. The molecule has 2 heteroatoms. The zero-order valence-electron chi connectivity index (χ0n) is 10.6. The van der Waals surface area contributed by atoms with Crippen molar-refractivity contribution in [2.75, 3.05) is 13.2 Å². The predicted octanol–water partition coefficient (Wildman–Crippen LogP) is 3.49. The fourth-order valence-corrected chi connectivity index (χ4v) is 1.72. The Morgan fingerprint density at radius 1 is 1.00 bits per heavy atom. The SMILES string of the molecule is CCCCCCCCOC(CC)CCN. The minimum Gasteiger partial charge on any atom is -0.378 e. The minimum atomic E-state index is 0.394. The van der Waals surface area contributed by atoms with Crippen LogP contribution in [0.25, 0.3) is 0 Å². The lowest BCUT2D eigenvalue weighted by Crippen LogP contribution is -2.17. The summed E-state index contributed by atoms with van der Waals surface area (Å²) in [4.78, 5) is 0. The molecule has 1 unspecified atom stereocenters. The Bertz CT molecular complexity index is 117. The monoisotopic (exact) mass is 215 g/mol. The highest BCUT2D eigenvalue weighted by Gasteiger charge is 2.03. The number of rotatable bonds is 11. The van der Waals surface area contributed by atoms with Gasteiger partial charge in [0.05, 0.1) is 6.10 Å². The third kappa shape index (κ3) is 10.2. The molecule has 0 aromatic carbocycles. The van der Waals surface area contributed by atoms with E-state index in [4.69, 9.17) is 10.5 Å². The van der Waals surface area contributed by atoms with Crippen LogP contribution in [-0.2, 0) is 4.74 Å². The second kappa shape index (κ2) is 12.0. The van der Waals surface area contributed by atoms with E-state index in [0.717, 1.165) is 26.0 Å². The van der Waals surface area contributed by atoms with Gasteiger partial charge in [0.2, 0.25) is 0 Å². The summed E-state index contributed by atoms with van der Waals surface area (Å²) in [5, 5.41) is 0. The first-order valence-electron chi connectivity index (χ1n) is 6.66. The summed E-state index contributed by atoms with van der Waals surface area (Å²) in [6, 6.07) is 0. The molecule has 0 heterocycles. The minimum absolute atomic E-state index is 0.394. The maximum absolute atomic E-state index is 5.76. The largest absolute Gasteiger partial charge is 0.378 e. The fraction of sp³-hybridized carbons (Fsp3) is 1.00. The lowest BCUT2D eigenvalue weighted by atomic mass is 10.1. The maximum atomic E-state index is 5.76. The van der Waals surface area contributed by atoms with Crippen molar-refractivity contribution in [1.82, 2.24) is 0 Å². The van der Waals surface area contributed by atoms with Gasteiger partial charge >= 0.3 is 0 Å². The molecule has 0 saturated carbocycles. The van der Waals surface area contributed by atoms with Gasteiger partial charge in [-0.05, 0) is 25.8 Å². The molecular weight excluding hydrogens is 186 g/mol. The quantitative estimate of drug-likeness (QED) is 0.535. The Balaban J connectivity index is 3.14. The number of nitrogens with two attached hydrogens (primary N) is 1. The summed E-state index contributed by atoms with van der Waals surface area (Å²) >= 11 is 0. The zero-order valence-corrected chi connectivity index (χ0v) is 10.6. The van der Waals surface area contributed by atoms with E-state index in [1.54, 1.807) is 0 Å². The average molecular weight is 215 g/mol. The van der Waals surface area contributed by atoms with Gasteiger partial charge in [-0.15, -0.1) is 0 Å². The molecule has 92 valence electrons. The third-order valence-electron chi connectivity index (χ3n) is 2.80. The van der Waals surface area contributed by atoms with Crippen molar-refractivity contribution in [1.29, 1.82) is 0 Å². The summed E-state index contributed by atoms with van der Waals surface area (Å²) in [6.45, 7) is 6.09. The van der Waals surface area contributed by atoms with E-state index in [9.17, 15) is 0 Å². The van der Waals surface area contributed by atoms with Gasteiger partial charge < -0.3 is 10.5 Å². The molecule has 0 rings (SSSR count). The van der Waals surface area contributed by atoms with E-state index in [0.29, 0.717) is 6.10 Å². The highest BCUT2D eigenvalue weighted by atomic mass is 16.5. The van der Waals surface area contributed by atoms with Crippen molar-refractivity contribution in [2.45, 2.75) is 71.3 Å². The van der Waals surface area contributed by atoms with Crippen LogP contribution >= 0.6 is 0 Å². The van der Waals surface area contributed by atoms with Gasteiger partial charge in [0.1, 0.15) is 0 Å². The van der Waals surface area contributed by atoms with Crippen molar-refractivity contribution in [3.8, 4) is 0 Å². The molecule has 0 spiro atoms. The van der Waals surface area contributed by atoms with Crippen LogP contribution in [0.5, 0.6) is 0 Å². The molecule has 0 aromatic rings. The topological polar surface area (TPSA) is 35.2 Å². The standard InChI is InChI=1S/C13H29NO/c1-3-5-6-7-8-9-12-15-13(4-2)10-11-14/h13H,3-12,14H2,1-2H3. The lowest BCUT2D eigenvalue weighted by Gasteiger charge is -2.14. The van der Waals surface area contributed by atoms with Crippen molar-refractivity contribution in [3.63, 3.8) is 0 Å². The summed E-state index contributed by atoms with van der Waals surface area (Å²) in [5.41, 5.74) is 5.51. The molecule has 0 saturated heterocycles. The Kier molecular flexibility index (Phi) is 11.9. The number of ether oxygens (including phenoxy) is 1. The van der Waals surface area contributed by atoms with Gasteiger partial charge in [-0.3, -0.25) is 0 Å². The molecule has 0 bridgehead atoms. The van der Waals surface area contributed by atoms with Crippen LogP contribution in [0.15, 0.2) is 0 Å². The van der Waals surface area contributed by atoms with Gasteiger partial charge in [-0.1, -0.05) is 46.0 Å². The summed E-state index contributed by atoms with van der Waals surface area (Å²) in [7, 11) is 0. The van der Waals surface area contributed by atoms with Crippen LogP contribution in [0.2, 0.25) is 0 Å². The second-order valence-corrected chi connectivity index (χ2v) is 4.25. The number of unbranched alkanes of at least 4 members (excludes halogenated alkanes) is 5. The summed E-state index contributed by atoms with van der Waals surface area (Å²) < 4.78 is 5.76. The fourth-order valence-electron chi connectivity index (χ4n) is 1.72. The van der Waals surface area contributed by atoms with E-state index in [2.05, 4.69) is 13.8 Å². The zero-order chi connectivity index (χ0) is 11.4. The van der Waals surface area contributed by atoms with E-state index < -0.39 is 0 Å². The highest BCUT2D eigenvalue weighted by Crippen LogP contribution is 2.07. The Morgan fingerprint density at radius 2 is 1.67 bits per heavy atom. The predicted molar refractivity (Wildman–Crippen MR) is 67.1 cm³/mol. The first-order chi connectivity index (χ1) is 7.35. The summed E-state index contributed by atoms with van der Waals surface area (Å²) in [6.07, 6.45) is 10.5. The van der Waals surface area contributed by atoms with Crippen molar-refractivity contribution in [3.05, 3.63) is 0 Å². The molecule has 2 N–H and O–H groups in total. The Labute approximate surface area is 95.6 Å². The van der Waals surface area contributed by atoms with Crippen LogP contribution in [-0.4, -0.2) is 19.3 Å².